The molecular weight excluding hydrogens is 188 g/mol. The smallest absolute Gasteiger partial charge is 0.221 e. The highest BCUT2D eigenvalue weighted by molar-refractivity contribution is 5.76. The first kappa shape index (κ1) is 12.5. The summed E-state index contributed by atoms with van der Waals surface area (Å²) in [5.74, 6) is 0.753. The number of rotatable bonds is 4. The third-order valence-corrected chi connectivity index (χ3v) is 3.43. The zero-order chi connectivity index (χ0) is 11.3. The highest BCUT2D eigenvalue weighted by Gasteiger charge is 2.22. The number of nitrogens with two attached hydrogens (primary N) is 1. The quantitative estimate of drug-likeness (QED) is 0.746. The lowest BCUT2D eigenvalue weighted by atomic mass is 9.86. The van der Waals surface area contributed by atoms with Crippen LogP contribution < -0.4 is 11.1 Å². The molecule has 3 unspecified atom stereocenters. The molecule has 1 fully saturated rings. The minimum Gasteiger partial charge on any atom is -0.353 e. The van der Waals surface area contributed by atoms with Gasteiger partial charge in [-0.3, -0.25) is 4.79 Å². The number of hydrogen-bond acceptors (Lipinski definition) is 2. The zero-order valence-corrected chi connectivity index (χ0v) is 9.96. The van der Waals surface area contributed by atoms with E-state index in [2.05, 4.69) is 12.2 Å². The predicted molar refractivity (Wildman–Crippen MR) is 62.4 cm³/mol. The molecular formula is C12H24N2O. The summed E-state index contributed by atoms with van der Waals surface area (Å²) in [7, 11) is 0. The molecule has 0 aliphatic heterocycles. The van der Waals surface area contributed by atoms with Crippen LogP contribution in [-0.2, 0) is 4.79 Å². The Morgan fingerprint density at radius 3 is 2.73 bits per heavy atom. The number of carbonyl (C=O) groups is 1. The van der Waals surface area contributed by atoms with E-state index < -0.39 is 0 Å². The molecule has 3 atom stereocenters. The van der Waals surface area contributed by atoms with E-state index in [1.807, 2.05) is 6.92 Å². The van der Waals surface area contributed by atoms with Crippen molar-refractivity contribution in [3.63, 3.8) is 0 Å². The lowest BCUT2D eigenvalue weighted by Crippen LogP contribution is -2.42. The third-order valence-electron chi connectivity index (χ3n) is 3.43. The van der Waals surface area contributed by atoms with Crippen molar-refractivity contribution in [2.75, 3.05) is 0 Å². The molecule has 0 radical (unpaired) electrons. The third kappa shape index (κ3) is 4.20. The Balaban J connectivity index is 2.29. The monoisotopic (exact) mass is 212 g/mol. The van der Waals surface area contributed by atoms with Gasteiger partial charge < -0.3 is 11.1 Å². The van der Waals surface area contributed by atoms with E-state index in [4.69, 9.17) is 5.73 Å². The molecule has 1 rings (SSSR count). The minimum absolute atomic E-state index is 0.0175. The molecule has 1 saturated carbocycles. The average molecular weight is 212 g/mol. The SMILES string of the molecule is CCC(N)CC(=O)NC1CCCCC1C. The molecule has 1 aliphatic carbocycles. The lowest BCUT2D eigenvalue weighted by Gasteiger charge is -2.29. The Kier molecular flexibility index (Phi) is 5.09. The molecule has 0 aromatic carbocycles. The van der Waals surface area contributed by atoms with Crippen LogP contribution >= 0.6 is 0 Å². The van der Waals surface area contributed by atoms with Crippen LogP contribution in [-0.4, -0.2) is 18.0 Å². The number of amides is 1. The Bertz CT molecular complexity index is 206. The highest BCUT2D eigenvalue weighted by atomic mass is 16.1. The molecule has 3 nitrogen and oxygen atoms in total. The maximum Gasteiger partial charge on any atom is 0.221 e. The Morgan fingerprint density at radius 1 is 1.47 bits per heavy atom. The van der Waals surface area contributed by atoms with Gasteiger partial charge in [-0.25, -0.2) is 0 Å². The van der Waals surface area contributed by atoms with Crippen molar-refractivity contribution in [1.29, 1.82) is 0 Å². The minimum atomic E-state index is 0.0175. The maximum absolute atomic E-state index is 11.6. The fourth-order valence-electron chi connectivity index (χ4n) is 2.18. The zero-order valence-electron chi connectivity index (χ0n) is 9.96. The van der Waals surface area contributed by atoms with Gasteiger partial charge in [-0.15, -0.1) is 0 Å². The van der Waals surface area contributed by atoms with Crippen LogP contribution in [0.2, 0.25) is 0 Å². The Hall–Kier alpha value is -0.570. The molecule has 0 bridgehead atoms. The first-order valence-electron chi connectivity index (χ1n) is 6.18. The van der Waals surface area contributed by atoms with Gasteiger partial charge in [-0.1, -0.05) is 26.7 Å². The van der Waals surface area contributed by atoms with Crippen molar-refractivity contribution < 1.29 is 4.79 Å². The van der Waals surface area contributed by atoms with Gasteiger partial charge in [0.15, 0.2) is 0 Å². The van der Waals surface area contributed by atoms with Gasteiger partial charge in [0.25, 0.3) is 0 Å². The molecule has 3 heteroatoms. The maximum atomic E-state index is 11.6. The summed E-state index contributed by atoms with van der Waals surface area (Å²) in [5, 5.41) is 3.11. The van der Waals surface area contributed by atoms with Gasteiger partial charge >= 0.3 is 0 Å². The van der Waals surface area contributed by atoms with E-state index in [-0.39, 0.29) is 11.9 Å². The van der Waals surface area contributed by atoms with Crippen LogP contribution in [0.4, 0.5) is 0 Å². The van der Waals surface area contributed by atoms with E-state index in [1.165, 1.54) is 19.3 Å². The standard InChI is InChI=1S/C12H24N2O/c1-3-10(13)8-12(15)14-11-7-5-4-6-9(11)2/h9-11H,3-8,13H2,1-2H3,(H,14,15). The number of nitrogens with one attached hydrogen (secondary N) is 1. The van der Waals surface area contributed by atoms with Crippen LogP contribution in [0.1, 0.15) is 52.4 Å². The summed E-state index contributed by atoms with van der Waals surface area (Å²) < 4.78 is 0. The summed E-state index contributed by atoms with van der Waals surface area (Å²) in [6, 6.07) is 0.402. The molecule has 0 aromatic rings. The molecule has 3 N–H and O–H groups in total. The summed E-state index contributed by atoms with van der Waals surface area (Å²) in [4.78, 5) is 11.6. The van der Waals surface area contributed by atoms with Crippen LogP contribution in [0, 0.1) is 5.92 Å². The first-order chi connectivity index (χ1) is 7.13. The van der Waals surface area contributed by atoms with Crippen molar-refractivity contribution in [1.82, 2.24) is 5.32 Å². The summed E-state index contributed by atoms with van der Waals surface area (Å²) >= 11 is 0. The first-order valence-corrected chi connectivity index (χ1v) is 6.18. The van der Waals surface area contributed by atoms with Gasteiger partial charge in [0.1, 0.15) is 0 Å². The molecule has 0 aromatic heterocycles. The van der Waals surface area contributed by atoms with E-state index in [9.17, 15) is 4.79 Å². The fraction of sp³-hybridized carbons (Fsp3) is 0.917. The largest absolute Gasteiger partial charge is 0.353 e. The second-order valence-electron chi connectivity index (χ2n) is 4.81. The number of hydrogen-bond donors (Lipinski definition) is 2. The van der Waals surface area contributed by atoms with Crippen molar-refractivity contribution in [3.05, 3.63) is 0 Å². The molecule has 88 valence electrons. The molecule has 0 heterocycles. The van der Waals surface area contributed by atoms with Crippen LogP contribution in [0.3, 0.4) is 0 Å². The van der Waals surface area contributed by atoms with E-state index >= 15 is 0 Å². The second-order valence-corrected chi connectivity index (χ2v) is 4.81. The van der Waals surface area contributed by atoms with Gasteiger partial charge in [0.05, 0.1) is 0 Å². The fourth-order valence-corrected chi connectivity index (χ4v) is 2.18. The van der Waals surface area contributed by atoms with Gasteiger partial charge in [0, 0.05) is 18.5 Å². The van der Waals surface area contributed by atoms with E-state index in [1.54, 1.807) is 0 Å². The molecule has 1 amide bonds. The van der Waals surface area contributed by atoms with Crippen molar-refractivity contribution in [2.45, 2.75) is 64.5 Å². The van der Waals surface area contributed by atoms with Crippen LogP contribution in [0.5, 0.6) is 0 Å². The summed E-state index contributed by atoms with van der Waals surface area (Å²) in [6.07, 6.45) is 6.27. The number of carbonyl (C=O) groups excluding carboxylic acids is 1. The van der Waals surface area contributed by atoms with Gasteiger partial charge in [-0.2, -0.15) is 0 Å². The topological polar surface area (TPSA) is 55.1 Å². The normalized spacial score (nSPS) is 28.5. The summed E-state index contributed by atoms with van der Waals surface area (Å²) in [6.45, 7) is 4.24. The van der Waals surface area contributed by atoms with Gasteiger partial charge in [0.2, 0.25) is 5.91 Å². The molecule has 0 saturated heterocycles. The van der Waals surface area contributed by atoms with Crippen LogP contribution in [0.25, 0.3) is 0 Å². The van der Waals surface area contributed by atoms with E-state index in [0.29, 0.717) is 18.4 Å². The average Bonchev–Trinajstić information content (AvgIpc) is 2.21. The Morgan fingerprint density at radius 2 is 2.13 bits per heavy atom. The summed E-state index contributed by atoms with van der Waals surface area (Å²) in [5.41, 5.74) is 5.75. The molecule has 15 heavy (non-hydrogen) atoms. The van der Waals surface area contributed by atoms with Crippen molar-refractivity contribution in [3.8, 4) is 0 Å². The molecule has 1 aliphatic rings. The van der Waals surface area contributed by atoms with Crippen LogP contribution in [0.15, 0.2) is 0 Å². The predicted octanol–water partition coefficient (Wildman–Crippen LogP) is 1.81. The van der Waals surface area contributed by atoms with Crippen molar-refractivity contribution in [2.24, 2.45) is 11.7 Å². The lowest BCUT2D eigenvalue weighted by molar-refractivity contribution is -0.122. The van der Waals surface area contributed by atoms with Crippen molar-refractivity contribution >= 4 is 5.91 Å². The van der Waals surface area contributed by atoms with E-state index in [0.717, 1.165) is 12.8 Å². The second kappa shape index (κ2) is 6.11. The molecule has 0 spiro atoms. The Labute approximate surface area is 92.8 Å². The highest BCUT2D eigenvalue weighted by Crippen LogP contribution is 2.23. The van der Waals surface area contributed by atoms with Gasteiger partial charge in [-0.05, 0) is 25.2 Å².